The van der Waals surface area contributed by atoms with Gasteiger partial charge in [-0.3, -0.25) is 0 Å². The van der Waals surface area contributed by atoms with Crippen molar-refractivity contribution in [3.05, 3.63) is 0 Å². The van der Waals surface area contributed by atoms with Crippen LogP contribution >= 0.6 is 0 Å². The molecule has 0 aliphatic carbocycles. The predicted octanol–water partition coefficient (Wildman–Crippen LogP) is 1.97. The zero-order chi connectivity index (χ0) is 11.5. The second kappa shape index (κ2) is 10.0. The zero-order valence-corrected chi connectivity index (χ0v) is 10.6. The van der Waals surface area contributed by atoms with Gasteiger partial charge in [0.2, 0.25) is 0 Å². The highest BCUT2D eigenvalue weighted by molar-refractivity contribution is 4.86. The minimum Gasteiger partial charge on any atom is -0.305 e. The van der Waals surface area contributed by atoms with Crippen molar-refractivity contribution in [1.82, 2.24) is 10.2 Å². The van der Waals surface area contributed by atoms with Gasteiger partial charge in [-0.2, -0.15) is 0 Å². The van der Waals surface area contributed by atoms with Crippen molar-refractivity contribution in [1.29, 1.82) is 0 Å². The summed E-state index contributed by atoms with van der Waals surface area (Å²) in [5.41, 5.74) is 0. The SMILES string of the molecule is C#CCNCCN(CC)CC(CC)CC. The van der Waals surface area contributed by atoms with Crippen LogP contribution in [0.1, 0.15) is 33.6 Å². The summed E-state index contributed by atoms with van der Waals surface area (Å²) in [6.07, 6.45) is 7.74. The molecule has 0 spiro atoms. The average molecular weight is 210 g/mol. The molecule has 0 bridgehead atoms. The lowest BCUT2D eigenvalue weighted by Gasteiger charge is -2.25. The third-order valence-electron chi connectivity index (χ3n) is 2.95. The molecule has 0 saturated heterocycles. The van der Waals surface area contributed by atoms with Crippen LogP contribution in [0.5, 0.6) is 0 Å². The lowest BCUT2D eigenvalue weighted by atomic mass is 10.0. The van der Waals surface area contributed by atoms with E-state index in [1.54, 1.807) is 0 Å². The van der Waals surface area contributed by atoms with Crippen LogP contribution in [0, 0.1) is 18.3 Å². The van der Waals surface area contributed by atoms with Crippen molar-refractivity contribution < 1.29 is 0 Å². The van der Waals surface area contributed by atoms with Crippen LogP contribution in [-0.4, -0.2) is 37.6 Å². The van der Waals surface area contributed by atoms with E-state index in [2.05, 4.69) is 36.9 Å². The van der Waals surface area contributed by atoms with Crippen LogP contribution in [0.3, 0.4) is 0 Å². The van der Waals surface area contributed by atoms with Crippen molar-refractivity contribution in [3.8, 4) is 12.3 Å². The van der Waals surface area contributed by atoms with E-state index in [1.807, 2.05) is 0 Å². The molecule has 2 heteroatoms. The van der Waals surface area contributed by atoms with Crippen LogP contribution in [0.4, 0.5) is 0 Å². The molecule has 0 atom stereocenters. The number of nitrogens with one attached hydrogen (secondary N) is 1. The largest absolute Gasteiger partial charge is 0.305 e. The number of likely N-dealkylation sites (N-methyl/N-ethyl adjacent to an activating group) is 1. The van der Waals surface area contributed by atoms with E-state index >= 15 is 0 Å². The summed E-state index contributed by atoms with van der Waals surface area (Å²) in [7, 11) is 0. The fourth-order valence-electron chi connectivity index (χ4n) is 1.69. The maximum absolute atomic E-state index is 5.18. The molecule has 0 aromatic carbocycles. The molecule has 0 aromatic rings. The molecule has 0 rings (SSSR count). The van der Waals surface area contributed by atoms with Crippen molar-refractivity contribution in [3.63, 3.8) is 0 Å². The molecular weight excluding hydrogens is 184 g/mol. The summed E-state index contributed by atoms with van der Waals surface area (Å²) in [6.45, 7) is 11.9. The van der Waals surface area contributed by atoms with Crippen molar-refractivity contribution in [2.24, 2.45) is 5.92 Å². The first-order valence-electron chi connectivity index (χ1n) is 6.14. The standard InChI is InChI=1S/C13H26N2/c1-5-9-14-10-11-15(8-4)12-13(6-2)7-3/h1,13-14H,6-12H2,2-4H3. The third-order valence-corrected chi connectivity index (χ3v) is 2.95. The van der Waals surface area contributed by atoms with Crippen LogP contribution in [0.25, 0.3) is 0 Å². The number of rotatable bonds is 9. The van der Waals surface area contributed by atoms with E-state index in [-0.39, 0.29) is 0 Å². The quantitative estimate of drug-likeness (QED) is 0.462. The van der Waals surface area contributed by atoms with Gasteiger partial charge in [0.15, 0.2) is 0 Å². The Hall–Kier alpha value is -0.520. The number of hydrogen-bond acceptors (Lipinski definition) is 2. The lowest BCUT2D eigenvalue weighted by molar-refractivity contribution is 0.235. The first-order chi connectivity index (χ1) is 7.28. The zero-order valence-electron chi connectivity index (χ0n) is 10.6. The molecule has 0 heterocycles. The summed E-state index contributed by atoms with van der Waals surface area (Å²) in [5.74, 6) is 3.44. The summed E-state index contributed by atoms with van der Waals surface area (Å²) in [4.78, 5) is 2.50. The average Bonchev–Trinajstić information content (AvgIpc) is 2.28. The summed E-state index contributed by atoms with van der Waals surface area (Å²) >= 11 is 0. The van der Waals surface area contributed by atoms with E-state index in [1.165, 1.54) is 19.4 Å². The van der Waals surface area contributed by atoms with Crippen LogP contribution < -0.4 is 5.32 Å². The molecule has 0 fully saturated rings. The first kappa shape index (κ1) is 14.5. The normalized spacial score (nSPS) is 10.9. The van der Waals surface area contributed by atoms with Gasteiger partial charge in [-0.1, -0.05) is 39.5 Å². The molecule has 0 aliphatic heterocycles. The Labute approximate surface area is 95.4 Å². The Morgan fingerprint density at radius 3 is 2.40 bits per heavy atom. The van der Waals surface area contributed by atoms with Gasteiger partial charge in [0.05, 0.1) is 6.54 Å². The van der Waals surface area contributed by atoms with Gasteiger partial charge in [0.25, 0.3) is 0 Å². The molecule has 88 valence electrons. The first-order valence-corrected chi connectivity index (χ1v) is 6.14. The van der Waals surface area contributed by atoms with Crippen LogP contribution in [0.15, 0.2) is 0 Å². The van der Waals surface area contributed by atoms with E-state index < -0.39 is 0 Å². The van der Waals surface area contributed by atoms with Crippen molar-refractivity contribution >= 4 is 0 Å². The lowest BCUT2D eigenvalue weighted by Crippen LogP contribution is -2.35. The van der Waals surface area contributed by atoms with Gasteiger partial charge in [-0.05, 0) is 12.5 Å². The second-order valence-electron chi connectivity index (χ2n) is 3.96. The molecule has 0 aliphatic rings. The molecule has 0 unspecified atom stereocenters. The Bertz CT molecular complexity index is 168. The Kier molecular flexibility index (Phi) is 9.67. The van der Waals surface area contributed by atoms with Gasteiger partial charge >= 0.3 is 0 Å². The highest BCUT2D eigenvalue weighted by Crippen LogP contribution is 2.09. The van der Waals surface area contributed by atoms with E-state index in [0.717, 1.165) is 25.6 Å². The summed E-state index contributed by atoms with van der Waals surface area (Å²) < 4.78 is 0. The maximum Gasteiger partial charge on any atom is 0.0574 e. The Morgan fingerprint density at radius 1 is 1.27 bits per heavy atom. The molecule has 0 aromatic heterocycles. The molecule has 0 saturated carbocycles. The number of nitrogens with zero attached hydrogens (tertiary/aromatic N) is 1. The molecule has 2 nitrogen and oxygen atoms in total. The van der Waals surface area contributed by atoms with Gasteiger partial charge in [0, 0.05) is 19.6 Å². The molecule has 0 amide bonds. The van der Waals surface area contributed by atoms with Crippen molar-refractivity contribution in [2.45, 2.75) is 33.6 Å². The van der Waals surface area contributed by atoms with Crippen LogP contribution in [0.2, 0.25) is 0 Å². The number of hydrogen-bond donors (Lipinski definition) is 1. The molecular formula is C13H26N2. The highest BCUT2D eigenvalue weighted by atomic mass is 15.1. The summed E-state index contributed by atoms with van der Waals surface area (Å²) in [6, 6.07) is 0. The second-order valence-corrected chi connectivity index (χ2v) is 3.96. The maximum atomic E-state index is 5.18. The van der Waals surface area contributed by atoms with E-state index in [0.29, 0.717) is 6.54 Å². The molecule has 15 heavy (non-hydrogen) atoms. The van der Waals surface area contributed by atoms with E-state index in [9.17, 15) is 0 Å². The van der Waals surface area contributed by atoms with Crippen molar-refractivity contribution in [2.75, 3.05) is 32.7 Å². The monoisotopic (exact) mass is 210 g/mol. The number of terminal acetylenes is 1. The third kappa shape index (κ3) is 7.41. The van der Waals surface area contributed by atoms with Gasteiger partial charge in [-0.15, -0.1) is 6.42 Å². The topological polar surface area (TPSA) is 15.3 Å². The molecule has 1 N–H and O–H groups in total. The summed E-state index contributed by atoms with van der Waals surface area (Å²) in [5, 5.41) is 3.23. The van der Waals surface area contributed by atoms with Gasteiger partial charge < -0.3 is 10.2 Å². The smallest absolute Gasteiger partial charge is 0.0574 e. The minimum atomic E-state index is 0.683. The fraction of sp³-hybridized carbons (Fsp3) is 0.846. The highest BCUT2D eigenvalue weighted by Gasteiger charge is 2.08. The predicted molar refractivity (Wildman–Crippen MR) is 67.9 cm³/mol. The Balaban J connectivity index is 3.67. The fourth-order valence-corrected chi connectivity index (χ4v) is 1.69. The minimum absolute atomic E-state index is 0.683. The molecule has 0 radical (unpaired) electrons. The van der Waals surface area contributed by atoms with Crippen LogP contribution in [-0.2, 0) is 0 Å². The Morgan fingerprint density at radius 2 is 1.93 bits per heavy atom. The van der Waals surface area contributed by atoms with Gasteiger partial charge in [0.1, 0.15) is 0 Å². The van der Waals surface area contributed by atoms with Gasteiger partial charge in [-0.25, -0.2) is 0 Å². The van der Waals surface area contributed by atoms with E-state index in [4.69, 9.17) is 6.42 Å².